The minimum atomic E-state index is -0.413. The van der Waals surface area contributed by atoms with Crippen LogP contribution < -0.4 is 10.7 Å². The summed E-state index contributed by atoms with van der Waals surface area (Å²) >= 11 is 1.51. The van der Waals surface area contributed by atoms with Gasteiger partial charge in [-0.1, -0.05) is 12.1 Å². The first-order valence-corrected chi connectivity index (χ1v) is 7.17. The summed E-state index contributed by atoms with van der Waals surface area (Å²) in [6.07, 6.45) is 1.72. The lowest BCUT2D eigenvalue weighted by Crippen LogP contribution is -2.23. The van der Waals surface area contributed by atoms with E-state index in [1.54, 1.807) is 30.5 Å². The molecule has 1 N–H and O–H groups in total. The third kappa shape index (κ3) is 2.85. The van der Waals surface area contributed by atoms with Crippen LogP contribution in [0.25, 0.3) is 11.0 Å². The molecule has 5 nitrogen and oxygen atoms in total. The molecule has 0 radical (unpaired) electrons. The first-order chi connectivity index (χ1) is 10.1. The lowest BCUT2D eigenvalue weighted by molar-refractivity contribution is 0.0924. The Kier molecular flexibility index (Phi) is 3.53. The highest BCUT2D eigenvalue weighted by Crippen LogP contribution is 2.13. The number of nitrogens with zero attached hydrogens (tertiary/aromatic N) is 1. The van der Waals surface area contributed by atoms with Crippen LogP contribution in [0.15, 0.2) is 45.7 Å². The number of nitrogens with one attached hydrogen (secondary N) is 1. The summed E-state index contributed by atoms with van der Waals surface area (Å²) in [5.41, 5.74) is 0.180. The first kappa shape index (κ1) is 13.5. The van der Waals surface area contributed by atoms with Crippen LogP contribution in [-0.4, -0.2) is 10.9 Å². The number of thiazole rings is 1. The van der Waals surface area contributed by atoms with Crippen molar-refractivity contribution >= 4 is 28.2 Å². The van der Waals surface area contributed by atoms with E-state index in [0.29, 0.717) is 17.5 Å². The van der Waals surface area contributed by atoms with Crippen molar-refractivity contribution < 1.29 is 9.21 Å². The van der Waals surface area contributed by atoms with Crippen molar-refractivity contribution in [2.45, 2.75) is 13.5 Å². The Balaban J connectivity index is 1.83. The standard InChI is InChI=1S/C15H12N2O3S/c1-9-16-7-10(21-9)8-17-15(19)14-6-12(18)11-4-2-3-5-13(11)20-14/h2-7H,8H2,1H3,(H,17,19). The quantitative estimate of drug-likeness (QED) is 0.806. The van der Waals surface area contributed by atoms with Gasteiger partial charge in [-0.15, -0.1) is 11.3 Å². The second kappa shape index (κ2) is 5.49. The topological polar surface area (TPSA) is 72.2 Å². The van der Waals surface area contributed by atoms with Crippen LogP contribution >= 0.6 is 11.3 Å². The van der Waals surface area contributed by atoms with Crippen LogP contribution in [0.2, 0.25) is 0 Å². The summed E-state index contributed by atoms with van der Waals surface area (Å²) in [6.45, 7) is 2.26. The number of aryl methyl sites for hydroxylation is 1. The van der Waals surface area contributed by atoms with Crippen molar-refractivity contribution in [1.29, 1.82) is 0 Å². The van der Waals surface area contributed by atoms with Gasteiger partial charge in [0.25, 0.3) is 5.91 Å². The fourth-order valence-electron chi connectivity index (χ4n) is 1.96. The van der Waals surface area contributed by atoms with E-state index in [4.69, 9.17) is 4.42 Å². The molecule has 0 bridgehead atoms. The third-order valence-electron chi connectivity index (χ3n) is 2.95. The van der Waals surface area contributed by atoms with Crippen molar-refractivity contribution in [3.63, 3.8) is 0 Å². The van der Waals surface area contributed by atoms with E-state index in [-0.39, 0.29) is 11.2 Å². The predicted octanol–water partition coefficient (Wildman–Crippen LogP) is 2.49. The summed E-state index contributed by atoms with van der Waals surface area (Å²) in [5, 5.41) is 4.13. The van der Waals surface area contributed by atoms with E-state index in [1.165, 1.54) is 17.4 Å². The van der Waals surface area contributed by atoms with Gasteiger partial charge in [-0.25, -0.2) is 4.98 Å². The molecule has 3 aromatic rings. The number of para-hydroxylation sites is 1. The molecule has 2 aromatic heterocycles. The monoisotopic (exact) mass is 300 g/mol. The minimum absolute atomic E-state index is 0.0138. The normalized spacial score (nSPS) is 10.7. The molecule has 6 heteroatoms. The van der Waals surface area contributed by atoms with Crippen LogP contribution in [0.1, 0.15) is 20.4 Å². The smallest absolute Gasteiger partial charge is 0.287 e. The molecular formula is C15H12N2O3S. The number of fused-ring (bicyclic) bond motifs is 1. The molecule has 0 spiro atoms. The van der Waals surface area contributed by atoms with Crippen LogP contribution in [-0.2, 0) is 6.54 Å². The Bertz CT molecular complexity index is 866. The number of benzene rings is 1. The van der Waals surface area contributed by atoms with Gasteiger partial charge in [0, 0.05) is 17.1 Å². The molecule has 0 unspecified atom stereocenters. The van der Waals surface area contributed by atoms with Crippen molar-refractivity contribution in [2.75, 3.05) is 0 Å². The number of rotatable bonds is 3. The molecule has 0 aliphatic rings. The molecule has 0 atom stereocenters. The molecule has 21 heavy (non-hydrogen) atoms. The largest absolute Gasteiger partial charge is 0.451 e. The number of carbonyl (C=O) groups excluding carboxylic acids is 1. The zero-order valence-corrected chi connectivity index (χ0v) is 12.1. The summed E-state index contributed by atoms with van der Waals surface area (Å²) in [4.78, 5) is 29.1. The van der Waals surface area contributed by atoms with Gasteiger partial charge in [0.05, 0.1) is 16.9 Å². The van der Waals surface area contributed by atoms with Crippen molar-refractivity contribution in [3.8, 4) is 0 Å². The molecule has 0 saturated heterocycles. The van der Waals surface area contributed by atoms with Crippen molar-refractivity contribution in [3.05, 3.63) is 62.4 Å². The van der Waals surface area contributed by atoms with E-state index in [9.17, 15) is 9.59 Å². The molecule has 106 valence electrons. The fourth-order valence-corrected chi connectivity index (χ4v) is 2.69. The van der Waals surface area contributed by atoms with E-state index in [1.807, 2.05) is 6.92 Å². The average molecular weight is 300 g/mol. The van der Waals surface area contributed by atoms with E-state index >= 15 is 0 Å². The Labute approximate surface area is 124 Å². The highest BCUT2D eigenvalue weighted by molar-refractivity contribution is 7.11. The highest BCUT2D eigenvalue weighted by atomic mass is 32.1. The van der Waals surface area contributed by atoms with Gasteiger partial charge in [-0.3, -0.25) is 9.59 Å². The van der Waals surface area contributed by atoms with E-state index < -0.39 is 5.91 Å². The minimum Gasteiger partial charge on any atom is -0.451 e. The van der Waals surface area contributed by atoms with Crippen LogP contribution in [0.4, 0.5) is 0 Å². The van der Waals surface area contributed by atoms with Crippen LogP contribution in [0, 0.1) is 6.92 Å². The lowest BCUT2D eigenvalue weighted by atomic mass is 10.2. The average Bonchev–Trinajstić information content (AvgIpc) is 2.90. The fraction of sp³-hybridized carbons (Fsp3) is 0.133. The Morgan fingerprint density at radius 1 is 1.38 bits per heavy atom. The van der Waals surface area contributed by atoms with Gasteiger partial charge >= 0.3 is 0 Å². The van der Waals surface area contributed by atoms with Gasteiger partial charge < -0.3 is 9.73 Å². The number of aromatic nitrogens is 1. The second-order valence-corrected chi connectivity index (χ2v) is 5.82. The molecule has 3 rings (SSSR count). The zero-order chi connectivity index (χ0) is 14.8. The number of carbonyl (C=O) groups is 1. The Morgan fingerprint density at radius 2 is 2.19 bits per heavy atom. The first-order valence-electron chi connectivity index (χ1n) is 6.36. The van der Waals surface area contributed by atoms with Crippen molar-refractivity contribution in [1.82, 2.24) is 10.3 Å². The molecule has 2 heterocycles. The summed E-state index contributed by atoms with van der Waals surface area (Å²) in [7, 11) is 0. The third-order valence-corrected chi connectivity index (χ3v) is 3.86. The zero-order valence-electron chi connectivity index (χ0n) is 11.3. The van der Waals surface area contributed by atoms with Gasteiger partial charge in [-0.2, -0.15) is 0 Å². The lowest BCUT2D eigenvalue weighted by Gasteiger charge is -2.03. The second-order valence-electron chi connectivity index (χ2n) is 4.50. The van der Waals surface area contributed by atoms with Crippen molar-refractivity contribution in [2.24, 2.45) is 0 Å². The molecule has 0 fully saturated rings. The molecule has 1 amide bonds. The Morgan fingerprint density at radius 3 is 2.95 bits per heavy atom. The van der Waals surface area contributed by atoms with Crippen LogP contribution in [0.3, 0.4) is 0 Å². The number of hydrogen-bond acceptors (Lipinski definition) is 5. The SMILES string of the molecule is Cc1ncc(CNC(=O)c2cc(=O)c3ccccc3o2)s1. The van der Waals surface area contributed by atoms with Gasteiger partial charge in [0.1, 0.15) is 5.58 Å². The molecule has 1 aromatic carbocycles. The van der Waals surface area contributed by atoms with E-state index in [2.05, 4.69) is 10.3 Å². The molecular weight excluding hydrogens is 288 g/mol. The maximum absolute atomic E-state index is 12.1. The van der Waals surface area contributed by atoms with Gasteiger partial charge in [-0.05, 0) is 19.1 Å². The van der Waals surface area contributed by atoms with Gasteiger partial charge in [0.15, 0.2) is 11.2 Å². The highest BCUT2D eigenvalue weighted by Gasteiger charge is 2.12. The Hall–Kier alpha value is -2.47. The maximum atomic E-state index is 12.1. The van der Waals surface area contributed by atoms with Crippen LogP contribution in [0.5, 0.6) is 0 Å². The predicted molar refractivity (Wildman–Crippen MR) is 80.5 cm³/mol. The maximum Gasteiger partial charge on any atom is 0.287 e. The molecule has 0 saturated carbocycles. The van der Waals surface area contributed by atoms with E-state index in [0.717, 1.165) is 9.88 Å². The van der Waals surface area contributed by atoms with Gasteiger partial charge in [0.2, 0.25) is 0 Å². The molecule has 0 aliphatic carbocycles. The number of hydrogen-bond donors (Lipinski definition) is 1. The number of amides is 1. The summed E-state index contributed by atoms with van der Waals surface area (Å²) < 4.78 is 5.47. The molecule has 0 aliphatic heterocycles. The summed E-state index contributed by atoms with van der Waals surface area (Å²) in [5.74, 6) is -0.399. The summed E-state index contributed by atoms with van der Waals surface area (Å²) in [6, 6.07) is 8.07.